The smallest absolute Gasteiger partial charge is 0.415 e. The summed E-state index contributed by atoms with van der Waals surface area (Å²) in [5.41, 5.74) is 1.20. The average Bonchev–Trinajstić information content (AvgIpc) is 3.54. The zero-order valence-electron chi connectivity index (χ0n) is 18.1. The van der Waals surface area contributed by atoms with E-state index in [4.69, 9.17) is 4.42 Å². The van der Waals surface area contributed by atoms with Crippen molar-refractivity contribution in [1.29, 1.82) is 0 Å². The van der Waals surface area contributed by atoms with Crippen molar-refractivity contribution >= 4 is 11.3 Å². The first kappa shape index (κ1) is 23.8. The summed E-state index contributed by atoms with van der Waals surface area (Å²) < 4.78 is 82.5. The van der Waals surface area contributed by atoms with Crippen LogP contribution in [0.5, 0.6) is 0 Å². The predicted octanol–water partition coefficient (Wildman–Crippen LogP) is 8.84. The van der Waals surface area contributed by atoms with Crippen LogP contribution in [0.3, 0.4) is 0 Å². The van der Waals surface area contributed by atoms with Crippen molar-refractivity contribution < 1.29 is 30.8 Å². The number of hydrogen-bond acceptors (Lipinski definition) is 4. The van der Waals surface area contributed by atoms with Gasteiger partial charge in [-0.1, -0.05) is 36.4 Å². The van der Waals surface area contributed by atoms with Gasteiger partial charge in [0.25, 0.3) is 5.89 Å². The van der Waals surface area contributed by atoms with Crippen molar-refractivity contribution in [3.63, 3.8) is 0 Å². The summed E-state index contributed by atoms with van der Waals surface area (Å²) in [6, 6.07) is 20.3. The molecule has 0 atom stereocenters. The molecular formula is C26H14F6N2OS. The quantitative estimate of drug-likeness (QED) is 0.224. The van der Waals surface area contributed by atoms with E-state index in [0.29, 0.717) is 21.6 Å². The number of alkyl halides is 6. The highest BCUT2D eigenvalue weighted by Crippen LogP contribution is 2.37. The lowest BCUT2D eigenvalue weighted by Gasteiger charge is -2.08. The molecule has 0 aliphatic rings. The summed E-state index contributed by atoms with van der Waals surface area (Å²) in [6.07, 6.45) is -8.78. The van der Waals surface area contributed by atoms with E-state index in [-0.39, 0.29) is 11.8 Å². The van der Waals surface area contributed by atoms with Crippen LogP contribution in [0.4, 0.5) is 26.3 Å². The van der Waals surface area contributed by atoms with Gasteiger partial charge in [0.1, 0.15) is 0 Å². The Morgan fingerprint density at radius 3 is 1.42 bits per heavy atom. The van der Waals surface area contributed by atoms with Crippen molar-refractivity contribution in [3.05, 3.63) is 96.1 Å². The van der Waals surface area contributed by atoms with E-state index in [1.165, 1.54) is 35.6 Å². The van der Waals surface area contributed by atoms with Crippen molar-refractivity contribution in [2.75, 3.05) is 0 Å². The Balaban J connectivity index is 1.32. The first-order valence-corrected chi connectivity index (χ1v) is 11.3. The van der Waals surface area contributed by atoms with Crippen molar-refractivity contribution in [2.24, 2.45) is 0 Å². The minimum atomic E-state index is -4.39. The van der Waals surface area contributed by atoms with Crippen LogP contribution in [-0.2, 0) is 12.4 Å². The van der Waals surface area contributed by atoms with Crippen LogP contribution in [0.1, 0.15) is 11.1 Å². The van der Waals surface area contributed by atoms with Gasteiger partial charge in [-0.2, -0.15) is 26.3 Å². The lowest BCUT2D eigenvalue weighted by atomic mass is 10.0. The molecule has 5 aromatic rings. The van der Waals surface area contributed by atoms with E-state index >= 15 is 0 Å². The second-order valence-electron chi connectivity index (χ2n) is 7.80. The molecular weight excluding hydrogens is 502 g/mol. The van der Waals surface area contributed by atoms with Gasteiger partial charge in [-0.3, -0.25) is 0 Å². The molecule has 0 fully saturated rings. The van der Waals surface area contributed by atoms with Crippen LogP contribution in [0.25, 0.3) is 43.8 Å². The van der Waals surface area contributed by atoms with Gasteiger partial charge >= 0.3 is 12.4 Å². The van der Waals surface area contributed by atoms with Gasteiger partial charge in [0.15, 0.2) is 0 Å². The molecule has 5 rings (SSSR count). The van der Waals surface area contributed by atoms with Crippen LogP contribution in [-0.4, -0.2) is 10.2 Å². The molecule has 0 N–H and O–H groups in total. The summed E-state index contributed by atoms with van der Waals surface area (Å²) in [5, 5.41) is 8.13. The van der Waals surface area contributed by atoms with Gasteiger partial charge in [0.05, 0.1) is 16.0 Å². The second-order valence-corrected chi connectivity index (χ2v) is 8.89. The monoisotopic (exact) mass is 516 g/mol. The zero-order valence-corrected chi connectivity index (χ0v) is 18.9. The highest BCUT2D eigenvalue weighted by Gasteiger charge is 2.30. The third-order valence-electron chi connectivity index (χ3n) is 5.42. The van der Waals surface area contributed by atoms with Crippen molar-refractivity contribution in [1.82, 2.24) is 10.2 Å². The standard InChI is InChI=1S/C26H14F6N2OS/c27-25(28,29)19-9-5-16(6-10-19)15-1-3-18(4-2-15)23-33-34-24(35-23)22-14-13-21(36-22)17-7-11-20(12-8-17)26(30,31)32/h1-14H. The SMILES string of the molecule is FC(F)(F)c1ccc(-c2ccc(-c3nnc(-c4ccc(-c5ccc(C(F)(F)F)cc5)s4)o3)cc2)cc1. The van der Waals surface area contributed by atoms with Gasteiger partial charge in [0, 0.05) is 10.4 Å². The summed E-state index contributed by atoms with van der Waals surface area (Å²) in [5.74, 6) is 0.522. The maximum atomic E-state index is 12.8. The predicted molar refractivity (Wildman–Crippen MR) is 124 cm³/mol. The third-order valence-corrected chi connectivity index (χ3v) is 6.54. The molecule has 0 amide bonds. The maximum absolute atomic E-state index is 12.8. The van der Waals surface area contributed by atoms with Crippen LogP contribution >= 0.6 is 11.3 Å². The Hall–Kier alpha value is -3.92. The lowest BCUT2D eigenvalue weighted by Crippen LogP contribution is -2.03. The summed E-state index contributed by atoms with van der Waals surface area (Å²) in [6.45, 7) is 0. The number of hydrogen-bond donors (Lipinski definition) is 0. The summed E-state index contributed by atoms with van der Waals surface area (Å²) >= 11 is 1.31. The number of thiophene rings is 1. The average molecular weight is 516 g/mol. The molecule has 2 aromatic heterocycles. The number of benzene rings is 3. The minimum Gasteiger partial charge on any atom is -0.415 e. The molecule has 3 aromatic carbocycles. The Morgan fingerprint density at radius 1 is 0.472 bits per heavy atom. The molecule has 0 aliphatic carbocycles. The molecule has 0 saturated heterocycles. The number of nitrogens with zero attached hydrogens (tertiary/aromatic N) is 2. The summed E-state index contributed by atoms with van der Waals surface area (Å²) in [7, 11) is 0. The first-order chi connectivity index (χ1) is 17.1. The highest BCUT2D eigenvalue weighted by atomic mass is 32.1. The van der Waals surface area contributed by atoms with Gasteiger partial charge in [-0.25, -0.2) is 0 Å². The number of halogens is 6. The molecule has 182 valence electrons. The fraction of sp³-hybridized carbons (Fsp3) is 0.0769. The first-order valence-electron chi connectivity index (χ1n) is 10.5. The molecule has 0 aliphatic heterocycles. The fourth-order valence-electron chi connectivity index (χ4n) is 3.53. The minimum absolute atomic E-state index is 0.258. The molecule has 3 nitrogen and oxygen atoms in total. The molecule has 0 unspecified atom stereocenters. The van der Waals surface area contributed by atoms with E-state index in [1.807, 2.05) is 0 Å². The Morgan fingerprint density at radius 2 is 0.889 bits per heavy atom. The number of rotatable bonds is 4. The molecule has 0 saturated carbocycles. The topological polar surface area (TPSA) is 38.9 Å². The third kappa shape index (κ3) is 4.90. The van der Waals surface area contributed by atoms with Crippen LogP contribution in [0.15, 0.2) is 89.3 Å². The van der Waals surface area contributed by atoms with Crippen molar-refractivity contribution in [3.8, 4) is 43.8 Å². The fourth-order valence-corrected chi connectivity index (χ4v) is 4.46. The van der Waals surface area contributed by atoms with E-state index in [2.05, 4.69) is 10.2 Å². The van der Waals surface area contributed by atoms with Crippen molar-refractivity contribution in [2.45, 2.75) is 12.4 Å². The normalized spacial score (nSPS) is 12.2. The Kier molecular flexibility index (Phi) is 5.91. The van der Waals surface area contributed by atoms with Gasteiger partial charge in [-0.15, -0.1) is 21.5 Å². The van der Waals surface area contributed by atoms with E-state index in [1.54, 1.807) is 36.4 Å². The summed E-state index contributed by atoms with van der Waals surface area (Å²) in [4.78, 5) is 1.41. The molecule has 0 spiro atoms. The van der Waals surface area contributed by atoms with Gasteiger partial charge < -0.3 is 4.42 Å². The molecule has 0 bridgehead atoms. The Labute approximate surface area is 204 Å². The van der Waals surface area contributed by atoms with E-state index in [9.17, 15) is 26.3 Å². The molecule has 0 radical (unpaired) electrons. The zero-order chi connectivity index (χ0) is 25.5. The van der Waals surface area contributed by atoms with Gasteiger partial charge in [-0.05, 0) is 65.2 Å². The van der Waals surface area contributed by atoms with Crippen LogP contribution in [0, 0.1) is 0 Å². The molecule has 2 heterocycles. The maximum Gasteiger partial charge on any atom is 0.416 e. The molecule has 36 heavy (non-hydrogen) atoms. The lowest BCUT2D eigenvalue weighted by molar-refractivity contribution is -0.138. The van der Waals surface area contributed by atoms with E-state index < -0.39 is 23.5 Å². The number of aromatic nitrogens is 2. The van der Waals surface area contributed by atoms with Gasteiger partial charge in [0.2, 0.25) is 5.89 Å². The molecule has 10 heteroatoms. The highest BCUT2D eigenvalue weighted by molar-refractivity contribution is 7.18. The van der Waals surface area contributed by atoms with E-state index in [0.717, 1.165) is 34.7 Å². The Bertz CT molecular complexity index is 1480. The second kappa shape index (κ2) is 8.94. The van der Waals surface area contributed by atoms with Crippen LogP contribution < -0.4 is 0 Å². The largest absolute Gasteiger partial charge is 0.416 e. The van der Waals surface area contributed by atoms with Crippen LogP contribution in [0.2, 0.25) is 0 Å².